The average Bonchev–Trinajstić information content (AvgIpc) is 2.60. The highest BCUT2D eigenvalue weighted by Gasteiger charge is 1.94. The average molecular weight is 353 g/mol. The molecule has 8 nitrogen and oxygen atoms in total. The van der Waals surface area contributed by atoms with E-state index < -0.39 is 0 Å². The molecule has 146 valence electrons. The van der Waals surface area contributed by atoms with Crippen LogP contribution in [-0.4, -0.2) is 105 Å². The lowest BCUT2D eigenvalue weighted by atomic mass is 10.5. The smallest absolute Gasteiger partial charge is 0.0701 e. The molecule has 0 aliphatic carbocycles. The zero-order valence-corrected chi connectivity index (χ0v) is 15.0. The van der Waals surface area contributed by atoms with Gasteiger partial charge in [0.2, 0.25) is 0 Å². The molecule has 0 aromatic carbocycles. The third-order valence-corrected chi connectivity index (χ3v) is 2.80. The fraction of sp³-hybridized carbons (Fsp3) is 1.00. The van der Waals surface area contributed by atoms with Crippen LogP contribution in [0.1, 0.15) is 6.42 Å². The van der Waals surface area contributed by atoms with Crippen molar-refractivity contribution in [3.63, 3.8) is 0 Å². The second kappa shape index (κ2) is 22.7. The molecule has 0 aliphatic heterocycles. The Bertz CT molecular complexity index is 201. The highest BCUT2D eigenvalue weighted by Crippen LogP contribution is 1.85. The molecule has 0 saturated heterocycles. The number of hydrogen-bond donors (Lipinski definition) is 2. The van der Waals surface area contributed by atoms with Crippen molar-refractivity contribution in [3.8, 4) is 0 Å². The number of rotatable bonds is 21. The van der Waals surface area contributed by atoms with E-state index in [0.29, 0.717) is 85.7 Å². The van der Waals surface area contributed by atoms with E-state index in [-0.39, 0.29) is 6.61 Å². The zero-order chi connectivity index (χ0) is 17.6. The second-order valence-corrected chi connectivity index (χ2v) is 4.85. The molecule has 2 N–H and O–H groups in total. The van der Waals surface area contributed by atoms with Crippen molar-refractivity contribution in [1.29, 1.82) is 0 Å². The fourth-order valence-corrected chi connectivity index (χ4v) is 1.54. The minimum absolute atomic E-state index is 0.161. The van der Waals surface area contributed by atoms with Crippen LogP contribution in [0.5, 0.6) is 0 Å². The van der Waals surface area contributed by atoms with Crippen LogP contribution >= 0.6 is 0 Å². The lowest BCUT2D eigenvalue weighted by Gasteiger charge is -2.08. The van der Waals surface area contributed by atoms with Crippen LogP contribution in [0.3, 0.4) is 0 Å². The summed E-state index contributed by atoms with van der Waals surface area (Å²) >= 11 is 0. The van der Waals surface area contributed by atoms with Gasteiger partial charge in [-0.1, -0.05) is 0 Å². The number of hydrogen-bond acceptors (Lipinski definition) is 8. The zero-order valence-electron chi connectivity index (χ0n) is 15.0. The monoisotopic (exact) mass is 353 g/mol. The van der Waals surface area contributed by atoms with E-state index in [2.05, 4.69) is 5.32 Å². The maximum Gasteiger partial charge on any atom is 0.0701 e. The third kappa shape index (κ3) is 21.7. The predicted molar refractivity (Wildman–Crippen MR) is 90.5 cm³/mol. The van der Waals surface area contributed by atoms with Gasteiger partial charge in [-0.25, -0.2) is 0 Å². The van der Waals surface area contributed by atoms with Crippen molar-refractivity contribution in [2.45, 2.75) is 6.42 Å². The van der Waals surface area contributed by atoms with E-state index in [9.17, 15) is 0 Å². The predicted octanol–water partition coefficient (Wildman–Crippen LogP) is -0.312. The number of nitrogens with one attached hydrogen (secondary N) is 1. The summed E-state index contributed by atoms with van der Waals surface area (Å²) in [7, 11) is 1.89. The summed E-state index contributed by atoms with van der Waals surface area (Å²) in [5, 5.41) is 11.6. The molecule has 0 aromatic heterocycles. The van der Waals surface area contributed by atoms with Crippen molar-refractivity contribution < 1.29 is 33.5 Å². The molecule has 0 radical (unpaired) electrons. The fourth-order valence-electron chi connectivity index (χ4n) is 1.54. The molecule has 0 aliphatic rings. The van der Waals surface area contributed by atoms with Gasteiger partial charge in [-0.3, -0.25) is 0 Å². The van der Waals surface area contributed by atoms with E-state index in [0.717, 1.165) is 6.54 Å². The lowest BCUT2D eigenvalue weighted by Crippen LogP contribution is -2.17. The van der Waals surface area contributed by atoms with Crippen molar-refractivity contribution in [3.05, 3.63) is 0 Å². The molecular weight excluding hydrogens is 318 g/mol. The SMILES string of the molecule is CNCCOCCOCCOCCOCCOCCOCCCO. The van der Waals surface area contributed by atoms with Crippen LogP contribution in [-0.2, 0) is 28.4 Å². The molecule has 0 saturated carbocycles. The van der Waals surface area contributed by atoms with Crippen molar-refractivity contribution in [2.75, 3.05) is 99.5 Å². The Labute approximate surface area is 145 Å². The van der Waals surface area contributed by atoms with Gasteiger partial charge >= 0.3 is 0 Å². The Morgan fingerprint density at radius 1 is 0.542 bits per heavy atom. The summed E-state index contributed by atoms with van der Waals surface area (Å²) < 4.78 is 32.0. The first-order valence-electron chi connectivity index (χ1n) is 8.63. The Hall–Kier alpha value is -0.320. The molecule has 0 fully saturated rings. The number of aliphatic hydroxyl groups excluding tert-OH is 1. The summed E-state index contributed by atoms with van der Waals surface area (Å²) in [5.74, 6) is 0. The summed E-state index contributed by atoms with van der Waals surface area (Å²) in [5.41, 5.74) is 0. The Morgan fingerprint density at radius 2 is 0.875 bits per heavy atom. The number of ether oxygens (including phenoxy) is 6. The first kappa shape index (κ1) is 23.7. The van der Waals surface area contributed by atoms with Gasteiger partial charge in [0, 0.05) is 19.8 Å². The van der Waals surface area contributed by atoms with Gasteiger partial charge in [0.1, 0.15) is 0 Å². The van der Waals surface area contributed by atoms with Crippen LogP contribution in [0.15, 0.2) is 0 Å². The highest BCUT2D eigenvalue weighted by molar-refractivity contribution is 4.38. The van der Waals surface area contributed by atoms with Crippen LogP contribution in [0, 0.1) is 0 Å². The van der Waals surface area contributed by atoms with E-state index in [1.807, 2.05) is 7.05 Å². The second-order valence-electron chi connectivity index (χ2n) is 4.85. The molecule has 0 unspecified atom stereocenters. The van der Waals surface area contributed by atoms with Crippen LogP contribution in [0.2, 0.25) is 0 Å². The van der Waals surface area contributed by atoms with E-state index in [1.165, 1.54) is 0 Å². The maximum atomic E-state index is 8.57. The molecule has 0 rings (SSSR count). The van der Waals surface area contributed by atoms with Crippen LogP contribution < -0.4 is 5.32 Å². The summed E-state index contributed by atoms with van der Waals surface area (Å²) in [6.45, 7) is 7.87. The first-order chi connectivity index (χ1) is 11.9. The Kier molecular flexibility index (Phi) is 22.4. The van der Waals surface area contributed by atoms with Crippen molar-refractivity contribution in [1.82, 2.24) is 5.32 Å². The molecule has 0 atom stereocenters. The minimum atomic E-state index is 0.161. The van der Waals surface area contributed by atoms with Gasteiger partial charge in [0.05, 0.1) is 72.7 Å². The Morgan fingerprint density at radius 3 is 1.21 bits per heavy atom. The molecule has 0 aromatic rings. The number of aliphatic hydroxyl groups is 1. The van der Waals surface area contributed by atoms with E-state index in [4.69, 9.17) is 33.5 Å². The van der Waals surface area contributed by atoms with Crippen molar-refractivity contribution >= 4 is 0 Å². The molecule has 8 heteroatoms. The molecule has 24 heavy (non-hydrogen) atoms. The van der Waals surface area contributed by atoms with Crippen molar-refractivity contribution in [2.24, 2.45) is 0 Å². The molecule has 0 amide bonds. The normalized spacial score (nSPS) is 11.2. The van der Waals surface area contributed by atoms with Gasteiger partial charge in [-0.2, -0.15) is 0 Å². The van der Waals surface area contributed by atoms with E-state index in [1.54, 1.807) is 0 Å². The molecule has 0 spiro atoms. The number of likely N-dealkylation sites (N-methyl/N-ethyl adjacent to an activating group) is 1. The van der Waals surface area contributed by atoms with Gasteiger partial charge < -0.3 is 38.8 Å². The summed E-state index contributed by atoms with van der Waals surface area (Å²) in [4.78, 5) is 0. The topological polar surface area (TPSA) is 87.6 Å². The Balaban J connectivity index is 2.93. The van der Waals surface area contributed by atoms with Gasteiger partial charge in [0.15, 0.2) is 0 Å². The minimum Gasteiger partial charge on any atom is -0.396 e. The van der Waals surface area contributed by atoms with Crippen LogP contribution in [0.4, 0.5) is 0 Å². The standard InChI is InChI=1S/C16H35NO7/c1-17-3-6-20-8-10-22-12-14-24-16-15-23-13-11-21-9-7-19-5-2-4-18/h17-18H,2-16H2,1H3. The molecule has 0 heterocycles. The highest BCUT2D eigenvalue weighted by atomic mass is 16.6. The lowest BCUT2D eigenvalue weighted by molar-refractivity contribution is -0.0169. The maximum absolute atomic E-state index is 8.57. The van der Waals surface area contributed by atoms with Crippen LogP contribution in [0.25, 0.3) is 0 Å². The molecule has 0 bridgehead atoms. The summed E-state index contributed by atoms with van der Waals surface area (Å²) in [6, 6.07) is 0. The van der Waals surface area contributed by atoms with Gasteiger partial charge in [0.25, 0.3) is 0 Å². The largest absolute Gasteiger partial charge is 0.396 e. The first-order valence-corrected chi connectivity index (χ1v) is 8.63. The molecular formula is C16H35NO7. The third-order valence-electron chi connectivity index (χ3n) is 2.80. The quantitative estimate of drug-likeness (QED) is 0.272. The van der Waals surface area contributed by atoms with Gasteiger partial charge in [-0.15, -0.1) is 0 Å². The summed E-state index contributed by atoms with van der Waals surface area (Å²) in [6.07, 6.45) is 0.665. The van der Waals surface area contributed by atoms with Gasteiger partial charge in [-0.05, 0) is 13.5 Å². The van der Waals surface area contributed by atoms with E-state index >= 15 is 0 Å².